The summed E-state index contributed by atoms with van der Waals surface area (Å²) in [7, 11) is 4.08. The van der Waals surface area contributed by atoms with Crippen LogP contribution in [0.25, 0.3) is 11.1 Å². The first kappa shape index (κ1) is 16.5. The van der Waals surface area contributed by atoms with Gasteiger partial charge in [-0.3, -0.25) is 0 Å². The monoisotopic (exact) mass is 299 g/mol. The summed E-state index contributed by atoms with van der Waals surface area (Å²) in [5.74, 6) is 0.855. The minimum atomic E-state index is 0.0336. The Hall–Kier alpha value is -1.84. The smallest absolute Gasteiger partial charge is 0.120 e. The van der Waals surface area contributed by atoms with E-state index in [2.05, 4.69) is 23.1 Å². The van der Waals surface area contributed by atoms with E-state index in [1.165, 1.54) is 5.56 Å². The molecule has 0 aliphatic rings. The van der Waals surface area contributed by atoms with E-state index in [4.69, 9.17) is 4.74 Å². The molecule has 118 valence electrons. The van der Waals surface area contributed by atoms with Crippen LogP contribution in [0.5, 0.6) is 5.75 Å². The van der Waals surface area contributed by atoms with Crippen LogP contribution in [-0.2, 0) is 13.2 Å². The molecule has 0 amide bonds. The largest absolute Gasteiger partial charge is 0.491 e. The lowest BCUT2D eigenvalue weighted by Crippen LogP contribution is -2.11. The quantitative estimate of drug-likeness (QED) is 0.883. The second kappa shape index (κ2) is 7.43. The Labute approximate surface area is 133 Å². The predicted octanol–water partition coefficient (Wildman–Crippen LogP) is 3.69. The fourth-order valence-corrected chi connectivity index (χ4v) is 2.53. The molecule has 0 saturated carbocycles. The van der Waals surface area contributed by atoms with E-state index in [1.807, 2.05) is 52.2 Å². The first-order valence-electron chi connectivity index (χ1n) is 7.64. The van der Waals surface area contributed by atoms with Gasteiger partial charge in [-0.25, -0.2) is 0 Å². The Balaban J connectivity index is 2.35. The van der Waals surface area contributed by atoms with Gasteiger partial charge in [-0.15, -0.1) is 0 Å². The van der Waals surface area contributed by atoms with Crippen LogP contribution in [0, 0.1) is 0 Å². The maximum Gasteiger partial charge on any atom is 0.120 e. The lowest BCUT2D eigenvalue weighted by Gasteiger charge is -2.15. The molecule has 2 aromatic carbocycles. The second-order valence-electron chi connectivity index (χ2n) is 6.08. The third-order valence-electron chi connectivity index (χ3n) is 3.36. The van der Waals surface area contributed by atoms with E-state index < -0.39 is 0 Å². The highest BCUT2D eigenvalue weighted by molar-refractivity contribution is 5.69. The van der Waals surface area contributed by atoms with E-state index in [0.29, 0.717) is 0 Å². The van der Waals surface area contributed by atoms with Crippen molar-refractivity contribution in [3.8, 4) is 16.9 Å². The van der Waals surface area contributed by atoms with Crippen LogP contribution in [0.1, 0.15) is 25.0 Å². The summed E-state index contributed by atoms with van der Waals surface area (Å²) >= 11 is 0. The molecular formula is C19H25NO2. The van der Waals surface area contributed by atoms with Crippen molar-refractivity contribution < 1.29 is 9.84 Å². The Morgan fingerprint density at radius 3 is 2.50 bits per heavy atom. The van der Waals surface area contributed by atoms with Crippen molar-refractivity contribution in [2.24, 2.45) is 0 Å². The molecule has 0 heterocycles. The molecule has 0 radical (unpaired) electrons. The van der Waals surface area contributed by atoms with Gasteiger partial charge in [0.1, 0.15) is 5.75 Å². The molecule has 0 bridgehead atoms. The van der Waals surface area contributed by atoms with Crippen molar-refractivity contribution in [2.75, 3.05) is 14.1 Å². The van der Waals surface area contributed by atoms with Gasteiger partial charge in [0.25, 0.3) is 0 Å². The van der Waals surface area contributed by atoms with Crippen LogP contribution in [0.4, 0.5) is 0 Å². The molecule has 22 heavy (non-hydrogen) atoms. The first-order valence-corrected chi connectivity index (χ1v) is 7.64. The van der Waals surface area contributed by atoms with Gasteiger partial charge in [0, 0.05) is 6.54 Å². The Morgan fingerprint density at radius 1 is 1.09 bits per heavy atom. The number of aliphatic hydroxyl groups is 1. The van der Waals surface area contributed by atoms with E-state index in [-0.39, 0.29) is 12.7 Å². The third kappa shape index (κ3) is 4.33. The number of nitrogens with zero attached hydrogens (tertiary/aromatic N) is 1. The summed E-state index contributed by atoms with van der Waals surface area (Å²) in [6, 6.07) is 14.3. The maximum absolute atomic E-state index is 9.71. The minimum absolute atomic E-state index is 0.0336. The van der Waals surface area contributed by atoms with Crippen LogP contribution >= 0.6 is 0 Å². The topological polar surface area (TPSA) is 32.7 Å². The number of ether oxygens (including phenoxy) is 1. The molecule has 2 aromatic rings. The SMILES string of the molecule is CC(C)Oc1cccc(-c2ccc(CN(C)C)cc2CO)c1. The zero-order valence-electron chi connectivity index (χ0n) is 13.8. The summed E-state index contributed by atoms with van der Waals surface area (Å²) in [4.78, 5) is 2.12. The van der Waals surface area contributed by atoms with E-state index >= 15 is 0 Å². The van der Waals surface area contributed by atoms with Gasteiger partial charge >= 0.3 is 0 Å². The van der Waals surface area contributed by atoms with Crippen LogP contribution in [0.3, 0.4) is 0 Å². The summed E-state index contributed by atoms with van der Waals surface area (Å²) < 4.78 is 5.76. The van der Waals surface area contributed by atoms with Crippen molar-refractivity contribution in [1.29, 1.82) is 0 Å². The molecule has 3 nitrogen and oxygen atoms in total. The summed E-state index contributed by atoms with van der Waals surface area (Å²) in [6.07, 6.45) is 0.148. The van der Waals surface area contributed by atoms with Gasteiger partial charge in [-0.2, -0.15) is 0 Å². The molecule has 2 rings (SSSR count). The zero-order valence-corrected chi connectivity index (χ0v) is 13.8. The maximum atomic E-state index is 9.71. The molecule has 0 fully saturated rings. The molecule has 0 unspecified atom stereocenters. The van der Waals surface area contributed by atoms with Gasteiger partial charge in [0.05, 0.1) is 12.7 Å². The van der Waals surface area contributed by atoms with Gasteiger partial charge in [-0.05, 0) is 62.3 Å². The van der Waals surface area contributed by atoms with Crippen LogP contribution in [0.15, 0.2) is 42.5 Å². The van der Waals surface area contributed by atoms with Gasteiger partial charge in [-0.1, -0.05) is 30.3 Å². The highest BCUT2D eigenvalue weighted by Gasteiger charge is 2.08. The minimum Gasteiger partial charge on any atom is -0.491 e. The molecule has 0 aromatic heterocycles. The van der Waals surface area contributed by atoms with E-state index in [1.54, 1.807) is 0 Å². The second-order valence-corrected chi connectivity index (χ2v) is 6.08. The van der Waals surface area contributed by atoms with Crippen LogP contribution in [0.2, 0.25) is 0 Å². The lowest BCUT2D eigenvalue weighted by molar-refractivity contribution is 0.242. The number of aliphatic hydroxyl groups excluding tert-OH is 1. The molecule has 0 spiro atoms. The normalized spacial score (nSPS) is 11.2. The Morgan fingerprint density at radius 2 is 1.86 bits per heavy atom. The Bertz CT molecular complexity index is 621. The highest BCUT2D eigenvalue weighted by Crippen LogP contribution is 2.28. The number of rotatable bonds is 6. The van der Waals surface area contributed by atoms with Crippen molar-refractivity contribution in [3.05, 3.63) is 53.6 Å². The molecule has 0 saturated heterocycles. The van der Waals surface area contributed by atoms with Crippen molar-refractivity contribution in [1.82, 2.24) is 4.90 Å². The molecule has 0 aliphatic carbocycles. The molecule has 1 N–H and O–H groups in total. The van der Waals surface area contributed by atoms with Gasteiger partial charge < -0.3 is 14.7 Å². The van der Waals surface area contributed by atoms with Gasteiger partial charge in [0.2, 0.25) is 0 Å². The standard InChI is InChI=1S/C19H25NO2/c1-14(2)22-18-7-5-6-16(11-18)19-9-8-15(12-20(3)4)10-17(19)13-21/h5-11,14,21H,12-13H2,1-4H3. The zero-order chi connectivity index (χ0) is 16.1. The molecule has 0 aliphatic heterocycles. The lowest BCUT2D eigenvalue weighted by atomic mass is 9.97. The van der Waals surface area contributed by atoms with E-state index in [9.17, 15) is 5.11 Å². The molecular weight excluding hydrogens is 274 g/mol. The highest BCUT2D eigenvalue weighted by atomic mass is 16.5. The van der Waals surface area contributed by atoms with E-state index in [0.717, 1.165) is 29.0 Å². The predicted molar refractivity (Wildman–Crippen MR) is 91.0 cm³/mol. The average Bonchev–Trinajstić information content (AvgIpc) is 2.46. The fraction of sp³-hybridized carbons (Fsp3) is 0.368. The van der Waals surface area contributed by atoms with Gasteiger partial charge in [0.15, 0.2) is 0 Å². The summed E-state index contributed by atoms with van der Waals surface area (Å²) in [5, 5.41) is 9.71. The molecule has 0 atom stereocenters. The fourth-order valence-electron chi connectivity index (χ4n) is 2.53. The van der Waals surface area contributed by atoms with Crippen LogP contribution < -0.4 is 4.74 Å². The van der Waals surface area contributed by atoms with Crippen LogP contribution in [-0.4, -0.2) is 30.2 Å². The Kier molecular flexibility index (Phi) is 5.58. The number of hydrogen-bond acceptors (Lipinski definition) is 3. The van der Waals surface area contributed by atoms with Crippen molar-refractivity contribution in [3.63, 3.8) is 0 Å². The van der Waals surface area contributed by atoms with Crippen molar-refractivity contribution in [2.45, 2.75) is 33.1 Å². The summed E-state index contributed by atoms with van der Waals surface area (Å²) in [6.45, 7) is 4.93. The summed E-state index contributed by atoms with van der Waals surface area (Å²) in [5.41, 5.74) is 4.27. The third-order valence-corrected chi connectivity index (χ3v) is 3.36. The molecule has 3 heteroatoms. The van der Waals surface area contributed by atoms with Crippen molar-refractivity contribution >= 4 is 0 Å². The first-order chi connectivity index (χ1) is 10.5. The number of hydrogen-bond donors (Lipinski definition) is 1. The number of benzene rings is 2. The average molecular weight is 299 g/mol.